The summed E-state index contributed by atoms with van der Waals surface area (Å²) in [5.41, 5.74) is 2.16. The SMILES string of the molecule is CC(OC(=O)Cc1ccc2c(c1)OCO2)c1nc2ncc(Br)cc2[nH]1. The molecule has 4 rings (SSSR count). The zero-order valence-corrected chi connectivity index (χ0v) is 14.9. The number of hydrogen-bond acceptors (Lipinski definition) is 6. The summed E-state index contributed by atoms with van der Waals surface area (Å²) < 4.78 is 16.9. The van der Waals surface area contributed by atoms with Crippen molar-refractivity contribution in [2.75, 3.05) is 6.79 Å². The van der Waals surface area contributed by atoms with Crippen LogP contribution in [0.25, 0.3) is 11.2 Å². The number of esters is 1. The van der Waals surface area contributed by atoms with Gasteiger partial charge >= 0.3 is 5.97 Å². The summed E-state index contributed by atoms with van der Waals surface area (Å²) in [6, 6.07) is 7.27. The molecular weight excluding hydrogens is 390 g/mol. The molecular formula is C17H14BrN3O4. The molecule has 0 aliphatic carbocycles. The van der Waals surface area contributed by atoms with Gasteiger partial charge in [-0.25, -0.2) is 9.97 Å². The first kappa shape index (κ1) is 15.9. The zero-order valence-electron chi connectivity index (χ0n) is 13.3. The number of carbonyl (C=O) groups is 1. The van der Waals surface area contributed by atoms with E-state index in [1.165, 1.54) is 0 Å². The standard InChI is InChI=1S/C17H14BrN3O4/c1-9(16-20-12-6-11(18)7-19-17(12)21-16)25-15(22)5-10-2-3-13-14(4-10)24-8-23-13/h2-4,6-7,9H,5,8H2,1H3,(H,19,20,21). The van der Waals surface area contributed by atoms with Crippen molar-refractivity contribution >= 4 is 33.1 Å². The molecule has 0 fully saturated rings. The molecule has 128 valence electrons. The number of carbonyl (C=O) groups excluding carboxylic acids is 1. The smallest absolute Gasteiger partial charge is 0.310 e. The lowest BCUT2D eigenvalue weighted by Crippen LogP contribution is -2.12. The van der Waals surface area contributed by atoms with Crippen LogP contribution in [0.2, 0.25) is 0 Å². The minimum Gasteiger partial charge on any atom is -0.454 e. The van der Waals surface area contributed by atoms with Gasteiger partial charge in [-0.15, -0.1) is 0 Å². The molecule has 0 radical (unpaired) electrons. The monoisotopic (exact) mass is 403 g/mol. The lowest BCUT2D eigenvalue weighted by Gasteiger charge is -2.11. The maximum absolute atomic E-state index is 12.2. The molecule has 1 unspecified atom stereocenters. The molecule has 1 aliphatic heterocycles. The van der Waals surface area contributed by atoms with Gasteiger partial charge in [0.1, 0.15) is 5.82 Å². The van der Waals surface area contributed by atoms with Gasteiger partial charge in [0.05, 0.1) is 11.9 Å². The minimum absolute atomic E-state index is 0.144. The third-order valence-corrected chi connectivity index (χ3v) is 4.23. The predicted octanol–water partition coefficient (Wildman–Crippen LogP) is 3.30. The third-order valence-electron chi connectivity index (χ3n) is 3.80. The summed E-state index contributed by atoms with van der Waals surface area (Å²) in [5.74, 6) is 1.54. The lowest BCUT2D eigenvalue weighted by atomic mass is 10.1. The molecule has 2 aromatic heterocycles. The molecule has 0 saturated carbocycles. The quantitative estimate of drug-likeness (QED) is 0.672. The second-order valence-corrected chi connectivity index (χ2v) is 6.56. The van der Waals surface area contributed by atoms with Gasteiger partial charge in [-0.2, -0.15) is 0 Å². The zero-order chi connectivity index (χ0) is 17.4. The Morgan fingerprint density at radius 1 is 1.36 bits per heavy atom. The van der Waals surface area contributed by atoms with Crippen LogP contribution >= 0.6 is 15.9 Å². The molecule has 1 N–H and O–H groups in total. The minimum atomic E-state index is -0.505. The normalized spacial score (nSPS) is 13.8. The number of aromatic nitrogens is 3. The van der Waals surface area contributed by atoms with E-state index in [1.54, 1.807) is 25.3 Å². The van der Waals surface area contributed by atoms with Crippen LogP contribution in [0, 0.1) is 0 Å². The molecule has 3 aromatic rings. The Morgan fingerprint density at radius 2 is 2.20 bits per heavy atom. The summed E-state index contributed by atoms with van der Waals surface area (Å²) in [7, 11) is 0. The first-order valence-electron chi connectivity index (χ1n) is 7.67. The Labute approximate surface area is 151 Å². The first-order valence-corrected chi connectivity index (χ1v) is 8.47. The van der Waals surface area contributed by atoms with Crippen LogP contribution in [0.4, 0.5) is 0 Å². The lowest BCUT2D eigenvalue weighted by molar-refractivity contribution is -0.148. The second kappa shape index (κ2) is 6.36. The van der Waals surface area contributed by atoms with Crippen molar-refractivity contribution in [2.45, 2.75) is 19.4 Å². The maximum Gasteiger partial charge on any atom is 0.310 e. The number of ether oxygens (including phenoxy) is 3. The number of halogens is 1. The highest BCUT2D eigenvalue weighted by Gasteiger charge is 2.18. The molecule has 8 heteroatoms. The van der Waals surface area contributed by atoms with Crippen molar-refractivity contribution in [1.29, 1.82) is 0 Å². The number of nitrogens with zero attached hydrogens (tertiary/aromatic N) is 2. The van der Waals surface area contributed by atoms with Crippen LogP contribution in [0.5, 0.6) is 11.5 Å². The van der Waals surface area contributed by atoms with Crippen molar-refractivity contribution in [3.8, 4) is 11.5 Å². The highest BCUT2D eigenvalue weighted by molar-refractivity contribution is 9.10. The number of pyridine rings is 1. The van der Waals surface area contributed by atoms with Crippen LogP contribution in [-0.4, -0.2) is 27.7 Å². The number of aromatic amines is 1. The fourth-order valence-electron chi connectivity index (χ4n) is 2.60. The predicted molar refractivity (Wildman–Crippen MR) is 92.4 cm³/mol. The van der Waals surface area contributed by atoms with Crippen molar-refractivity contribution in [3.05, 3.63) is 46.3 Å². The van der Waals surface area contributed by atoms with Crippen LogP contribution in [0.15, 0.2) is 34.9 Å². The van der Waals surface area contributed by atoms with Crippen molar-refractivity contribution in [3.63, 3.8) is 0 Å². The van der Waals surface area contributed by atoms with E-state index in [2.05, 4.69) is 30.9 Å². The maximum atomic E-state index is 12.2. The molecule has 1 aliphatic rings. The summed E-state index contributed by atoms with van der Waals surface area (Å²) in [5, 5.41) is 0. The van der Waals surface area contributed by atoms with E-state index >= 15 is 0 Å². The van der Waals surface area contributed by atoms with Gasteiger partial charge < -0.3 is 19.2 Å². The van der Waals surface area contributed by atoms with Crippen molar-refractivity contribution < 1.29 is 19.0 Å². The van der Waals surface area contributed by atoms with Gasteiger partial charge in [-0.05, 0) is 46.6 Å². The Kier molecular flexibility index (Phi) is 4.04. The van der Waals surface area contributed by atoms with Crippen molar-refractivity contribution in [1.82, 2.24) is 15.0 Å². The van der Waals surface area contributed by atoms with Crippen LogP contribution in [0.1, 0.15) is 24.4 Å². The molecule has 7 nitrogen and oxygen atoms in total. The van der Waals surface area contributed by atoms with E-state index in [9.17, 15) is 4.79 Å². The Balaban J connectivity index is 1.44. The molecule has 0 saturated heterocycles. The van der Waals surface area contributed by atoms with Gasteiger partial charge in [0, 0.05) is 10.7 Å². The van der Waals surface area contributed by atoms with E-state index in [0.29, 0.717) is 23.0 Å². The Bertz CT molecular complexity index is 956. The van der Waals surface area contributed by atoms with Gasteiger partial charge in [-0.1, -0.05) is 6.07 Å². The summed E-state index contributed by atoms with van der Waals surface area (Å²) in [4.78, 5) is 23.9. The number of H-pyrrole nitrogens is 1. The fourth-order valence-corrected chi connectivity index (χ4v) is 2.93. The fraction of sp³-hybridized carbons (Fsp3) is 0.235. The van der Waals surface area contributed by atoms with E-state index < -0.39 is 6.10 Å². The molecule has 0 amide bonds. The van der Waals surface area contributed by atoms with Crippen molar-refractivity contribution in [2.24, 2.45) is 0 Å². The average molecular weight is 404 g/mol. The second-order valence-electron chi connectivity index (χ2n) is 5.64. The summed E-state index contributed by atoms with van der Waals surface area (Å²) >= 11 is 3.36. The van der Waals surface area contributed by atoms with E-state index in [1.807, 2.05) is 12.1 Å². The van der Waals surface area contributed by atoms with E-state index in [0.717, 1.165) is 15.6 Å². The first-order chi connectivity index (χ1) is 12.1. The molecule has 0 spiro atoms. The number of fused-ring (bicyclic) bond motifs is 2. The van der Waals surface area contributed by atoms with E-state index in [-0.39, 0.29) is 19.2 Å². The number of imidazole rings is 1. The van der Waals surface area contributed by atoms with Crippen LogP contribution in [-0.2, 0) is 16.0 Å². The summed E-state index contributed by atoms with van der Waals surface area (Å²) in [6.45, 7) is 1.97. The molecule has 3 heterocycles. The number of hydrogen-bond donors (Lipinski definition) is 1. The number of nitrogens with one attached hydrogen (secondary N) is 1. The highest BCUT2D eigenvalue weighted by Crippen LogP contribution is 2.32. The van der Waals surface area contributed by atoms with Gasteiger partial charge in [-0.3, -0.25) is 4.79 Å². The van der Waals surface area contributed by atoms with Crippen LogP contribution < -0.4 is 9.47 Å². The molecule has 1 aromatic carbocycles. The molecule has 1 atom stereocenters. The van der Waals surface area contributed by atoms with E-state index in [4.69, 9.17) is 14.2 Å². The van der Waals surface area contributed by atoms with Gasteiger partial charge in [0.2, 0.25) is 6.79 Å². The average Bonchev–Trinajstić information content (AvgIpc) is 3.20. The number of rotatable bonds is 4. The number of benzene rings is 1. The van der Waals surface area contributed by atoms with Gasteiger partial charge in [0.25, 0.3) is 0 Å². The summed E-state index contributed by atoms with van der Waals surface area (Å²) in [6.07, 6.45) is 1.31. The molecule has 25 heavy (non-hydrogen) atoms. The Hall–Kier alpha value is -2.61. The Morgan fingerprint density at radius 3 is 3.08 bits per heavy atom. The topological polar surface area (TPSA) is 86.3 Å². The largest absolute Gasteiger partial charge is 0.454 e. The third kappa shape index (κ3) is 3.30. The molecule has 0 bridgehead atoms. The highest BCUT2D eigenvalue weighted by atomic mass is 79.9. The van der Waals surface area contributed by atoms with Gasteiger partial charge in [0.15, 0.2) is 23.3 Å². The van der Waals surface area contributed by atoms with Crippen LogP contribution in [0.3, 0.4) is 0 Å².